The van der Waals surface area contributed by atoms with E-state index in [1.807, 2.05) is 30.3 Å². The van der Waals surface area contributed by atoms with Crippen molar-refractivity contribution in [2.24, 2.45) is 0 Å². The highest BCUT2D eigenvalue weighted by Crippen LogP contribution is 2.36. The van der Waals surface area contributed by atoms with Gasteiger partial charge in [0.05, 0.1) is 6.61 Å². The van der Waals surface area contributed by atoms with Crippen LogP contribution in [-0.4, -0.2) is 12.4 Å². The molecule has 2 aromatic carbocycles. The summed E-state index contributed by atoms with van der Waals surface area (Å²) in [6.07, 6.45) is 4.73. The van der Waals surface area contributed by atoms with Crippen LogP contribution in [0.5, 0.6) is 5.75 Å². The van der Waals surface area contributed by atoms with Crippen molar-refractivity contribution in [3.8, 4) is 5.75 Å². The number of carbonyl (C=O) groups is 1. The summed E-state index contributed by atoms with van der Waals surface area (Å²) in [5, 5.41) is 0. The minimum atomic E-state index is 0.117. The van der Waals surface area contributed by atoms with Crippen LogP contribution < -0.4 is 4.74 Å². The Kier molecular flexibility index (Phi) is 3.03. The number of benzene rings is 2. The van der Waals surface area contributed by atoms with Crippen molar-refractivity contribution in [1.82, 2.24) is 0 Å². The van der Waals surface area contributed by atoms with Crippen molar-refractivity contribution in [2.45, 2.75) is 31.6 Å². The molecule has 2 nitrogen and oxygen atoms in total. The largest absolute Gasteiger partial charge is 0.493 e. The summed E-state index contributed by atoms with van der Waals surface area (Å²) in [5.41, 5.74) is 4.04. The molecule has 106 valence electrons. The molecule has 2 aliphatic rings. The van der Waals surface area contributed by atoms with Crippen molar-refractivity contribution in [2.75, 3.05) is 6.61 Å². The predicted octanol–water partition coefficient (Wildman–Crippen LogP) is 4.12. The standard InChI is InChI=1S/C19H18O2/c20-19(17-7-8-18-15(12-17)9-10-21-18)16-6-2-5-14(11-16)13-3-1-4-13/h2,5-8,11-13H,1,3-4,9-10H2. The van der Waals surface area contributed by atoms with Crippen LogP contribution in [-0.2, 0) is 6.42 Å². The van der Waals surface area contributed by atoms with Gasteiger partial charge in [-0.3, -0.25) is 4.79 Å². The fourth-order valence-corrected chi connectivity index (χ4v) is 3.17. The maximum Gasteiger partial charge on any atom is 0.193 e. The molecular formula is C19H18O2. The second-order valence-electron chi connectivity index (χ2n) is 6.00. The van der Waals surface area contributed by atoms with E-state index in [2.05, 4.69) is 12.1 Å². The van der Waals surface area contributed by atoms with E-state index in [9.17, 15) is 4.79 Å². The number of ether oxygens (including phenoxy) is 1. The summed E-state index contributed by atoms with van der Waals surface area (Å²) in [6, 6.07) is 14.0. The van der Waals surface area contributed by atoms with E-state index in [0.717, 1.165) is 35.5 Å². The van der Waals surface area contributed by atoms with Crippen molar-refractivity contribution < 1.29 is 9.53 Å². The van der Waals surface area contributed by atoms with Crippen LogP contribution in [0.25, 0.3) is 0 Å². The average molecular weight is 278 g/mol. The Balaban J connectivity index is 1.65. The predicted molar refractivity (Wildman–Crippen MR) is 82.1 cm³/mol. The van der Waals surface area contributed by atoms with Crippen molar-refractivity contribution in [3.05, 3.63) is 64.7 Å². The van der Waals surface area contributed by atoms with E-state index in [0.29, 0.717) is 5.92 Å². The lowest BCUT2D eigenvalue weighted by Gasteiger charge is -2.26. The van der Waals surface area contributed by atoms with Crippen molar-refractivity contribution >= 4 is 5.78 Å². The van der Waals surface area contributed by atoms with Gasteiger partial charge in [-0.05, 0) is 54.2 Å². The topological polar surface area (TPSA) is 26.3 Å². The zero-order valence-electron chi connectivity index (χ0n) is 12.0. The normalized spacial score (nSPS) is 17.0. The van der Waals surface area contributed by atoms with Crippen LogP contribution in [0.15, 0.2) is 42.5 Å². The molecule has 0 atom stereocenters. The first-order valence-electron chi connectivity index (χ1n) is 7.72. The lowest BCUT2D eigenvalue weighted by Crippen LogP contribution is -2.10. The van der Waals surface area contributed by atoms with Gasteiger partial charge in [0.1, 0.15) is 5.75 Å². The second kappa shape index (κ2) is 5.03. The lowest BCUT2D eigenvalue weighted by molar-refractivity contribution is 0.103. The highest BCUT2D eigenvalue weighted by Gasteiger charge is 2.21. The van der Waals surface area contributed by atoms with Crippen molar-refractivity contribution in [1.29, 1.82) is 0 Å². The van der Waals surface area contributed by atoms with Crippen LogP contribution in [0, 0.1) is 0 Å². The average Bonchev–Trinajstić information content (AvgIpc) is 2.92. The highest BCUT2D eigenvalue weighted by atomic mass is 16.5. The SMILES string of the molecule is O=C(c1cccc(C2CCC2)c1)c1ccc2c(c1)CCO2. The minimum Gasteiger partial charge on any atom is -0.493 e. The van der Waals surface area contributed by atoms with Crippen LogP contribution in [0.1, 0.15) is 52.2 Å². The molecule has 0 N–H and O–H groups in total. The molecule has 1 aliphatic heterocycles. The van der Waals surface area contributed by atoms with E-state index in [1.165, 1.54) is 24.8 Å². The smallest absolute Gasteiger partial charge is 0.193 e. The molecule has 0 unspecified atom stereocenters. The number of hydrogen-bond acceptors (Lipinski definition) is 2. The van der Waals surface area contributed by atoms with E-state index in [1.54, 1.807) is 0 Å². The summed E-state index contributed by atoms with van der Waals surface area (Å²) < 4.78 is 5.50. The first kappa shape index (κ1) is 12.6. The quantitative estimate of drug-likeness (QED) is 0.789. The monoisotopic (exact) mass is 278 g/mol. The summed E-state index contributed by atoms with van der Waals surface area (Å²) in [7, 11) is 0. The lowest BCUT2D eigenvalue weighted by atomic mass is 9.79. The number of fused-ring (bicyclic) bond motifs is 1. The summed E-state index contributed by atoms with van der Waals surface area (Å²) >= 11 is 0. The maximum atomic E-state index is 12.7. The van der Waals surface area contributed by atoms with E-state index in [4.69, 9.17) is 4.74 Å². The second-order valence-corrected chi connectivity index (χ2v) is 6.00. The molecule has 4 rings (SSSR count). The Morgan fingerprint density at radius 2 is 1.90 bits per heavy atom. The molecule has 1 aliphatic carbocycles. The van der Waals surface area contributed by atoms with Gasteiger partial charge in [0, 0.05) is 17.5 Å². The molecule has 0 spiro atoms. The summed E-state index contributed by atoms with van der Waals surface area (Å²) in [4.78, 5) is 12.7. The van der Waals surface area contributed by atoms with Gasteiger partial charge in [0.25, 0.3) is 0 Å². The van der Waals surface area contributed by atoms with E-state index < -0.39 is 0 Å². The highest BCUT2D eigenvalue weighted by molar-refractivity contribution is 6.09. The van der Waals surface area contributed by atoms with Crippen LogP contribution in [0.2, 0.25) is 0 Å². The van der Waals surface area contributed by atoms with Gasteiger partial charge in [0.15, 0.2) is 5.78 Å². The Labute approximate surface area is 124 Å². The maximum absolute atomic E-state index is 12.7. The molecule has 0 radical (unpaired) electrons. The fraction of sp³-hybridized carbons (Fsp3) is 0.316. The Bertz CT molecular complexity index is 698. The van der Waals surface area contributed by atoms with Gasteiger partial charge in [-0.1, -0.05) is 24.6 Å². The zero-order valence-corrected chi connectivity index (χ0v) is 12.0. The first-order valence-corrected chi connectivity index (χ1v) is 7.72. The number of hydrogen-bond donors (Lipinski definition) is 0. The summed E-state index contributed by atoms with van der Waals surface area (Å²) in [5.74, 6) is 1.70. The Morgan fingerprint density at radius 3 is 2.71 bits per heavy atom. The first-order chi connectivity index (χ1) is 10.3. The third-order valence-electron chi connectivity index (χ3n) is 4.68. The van der Waals surface area contributed by atoms with Gasteiger partial charge >= 0.3 is 0 Å². The molecule has 2 aromatic rings. The molecule has 0 saturated heterocycles. The van der Waals surface area contributed by atoms with Crippen LogP contribution in [0.4, 0.5) is 0 Å². The molecule has 2 heteroatoms. The molecule has 0 amide bonds. The van der Waals surface area contributed by atoms with Gasteiger partial charge in [-0.25, -0.2) is 0 Å². The van der Waals surface area contributed by atoms with E-state index >= 15 is 0 Å². The van der Waals surface area contributed by atoms with Crippen LogP contribution >= 0.6 is 0 Å². The van der Waals surface area contributed by atoms with Crippen LogP contribution in [0.3, 0.4) is 0 Å². The molecule has 0 bridgehead atoms. The van der Waals surface area contributed by atoms with Gasteiger partial charge < -0.3 is 4.74 Å². The third-order valence-corrected chi connectivity index (χ3v) is 4.68. The minimum absolute atomic E-state index is 0.117. The number of carbonyl (C=O) groups excluding carboxylic acids is 1. The molecule has 21 heavy (non-hydrogen) atoms. The van der Waals surface area contributed by atoms with E-state index in [-0.39, 0.29) is 5.78 Å². The third kappa shape index (κ3) is 2.25. The molecule has 0 aromatic heterocycles. The Hall–Kier alpha value is -2.09. The summed E-state index contributed by atoms with van der Waals surface area (Å²) in [6.45, 7) is 0.726. The van der Waals surface area contributed by atoms with Gasteiger partial charge in [-0.2, -0.15) is 0 Å². The molecule has 1 fully saturated rings. The van der Waals surface area contributed by atoms with Gasteiger partial charge in [-0.15, -0.1) is 0 Å². The zero-order chi connectivity index (χ0) is 14.2. The molecule has 1 heterocycles. The molecule has 1 saturated carbocycles. The van der Waals surface area contributed by atoms with Gasteiger partial charge in [0.2, 0.25) is 0 Å². The number of rotatable bonds is 3. The Morgan fingerprint density at radius 1 is 1.05 bits per heavy atom. The fourth-order valence-electron chi connectivity index (χ4n) is 3.17. The number of ketones is 1. The van der Waals surface area contributed by atoms with Crippen molar-refractivity contribution in [3.63, 3.8) is 0 Å². The molecular weight excluding hydrogens is 260 g/mol.